The van der Waals surface area contributed by atoms with E-state index in [4.69, 9.17) is 14.3 Å². The maximum atomic E-state index is 12.2. The summed E-state index contributed by atoms with van der Waals surface area (Å²) in [6.07, 6.45) is 0.913. The first-order chi connectivity index (χ1) is 11.1. The summed E-state index contributed by atoms with van der Waals surface area (Å²) in [7, 11) is 0. The lowest BCUT2D eigenvalue weighted by Gasteiger charge is -2.12. The van der Waals surface area contributed by atoms with Crippen LogP contribution in [0.4, 0.5) is 0 Å². The van der Waals surface area contributed by atoms with Crippen molar-refractivity contribution in [1.82, 2.24) is 5.32 Å². The minimum absolute atomic E-state index is 0.142. The maximum absolute atomic E-state index is 12.2. The SMILES string of the molecule is CC(C)C1=NOC(C(=O)NCc2ccc3c(c2)OCCCO3)C1. The van der Waals surface area contributed by atoms with Gasteiger partial charge in [-0.3, -0.25) is 4.79 Å². The normalized spacial score (nSPS) is 19.8. The second-order valence-electron chi connectivity index (χ2n) is 6.08. The first kappa shape index (κ1) is 15.6. The van der Waals surface area contributed by atoms with Crippen LogP contribution in [0.5, 0.6) is 11.5 Å². The molecule has 0 spiro atoms. The minimum atomic E-state index is -0.521. The van der Waals surface area contributed by atoms with E-state index >= 15 is 0 Å². The van der Waals surface area contributed by atoms with Gasteiger partial charge in [0.05, 0.1) is 18.9 Å². The quantitative estimate of drug-likeness (QED) is 0.924. The summed E-state index contributed by atoms with van der Waals surface area (Å²) >= 11 is 0. The van der Waals surface area contributed by atoms with Crippen LogP contribution in [-0.4, -0.2) is 30.9 Å². The molecule has 23 heavy (non-hydrogen) atoms. The molecule has 124 valence electrons. The highest BCUT2D eigenvalue weighted by atomic mass is 16.6. The van der Waals surface area contributed by atoms with E-state index in [-0.39, 0.29) is 5.91 Å². The van der Waals surface area contributed by atoms with Crippen LogP contribution in [0.15, 0.2) is 23.4 Å². The van der Waals surface area contributed by atoms with Gasteiger partial charge in [-0.25, -0.2) is 0 Å². The van der Waals surface area contributed by atoms with Gasteiger partial charge in [0.1, 0.15) is 0 Å². The molecule has 1 amide bonds. The summed E-state index contributed by atoms with van der Waals surface area (Å²) in [4.78, 5) is 17.4. The summed E-state index contributed by atoms with van der Waals surface area (Å²) in [5, 5.41) is 6.87. The molecule has 6 heteroatoms. The van der Waals surface area contributed by atoms with Crippen LogP contribution in [0.25, 0.3) is 0 Å². The lowest BCUT2D eigenvalue weighted by molar-refractivity contribution is -0.131. The minimum Gasteiger partial charge on any atom is -0.490 e. The zero-order valence-corrected chi connectivity index (χ0v) is 13.5. The van der Waals surface area contributed by atoms with E-state index in [1.807, 2.05) is 32.0 Å². The Kier molecular flexibility index (Phi) is 4.69. The third-order valence-corrected chi connectivity index (χ3v) is 3.93. The van der Waals surface area contributed by atoms with Crippen molar-refractivity contribution < 1.29 is 19.1 Å². The molecule has 0 fully saturated rings. The molecule has 1 aromatic carbocycles. The molecular formula is C17H22N2O4. The highest BCUT2D eigenvalue weighted by molar-refractivity contribution is 5.93. The third kappa shape index (κ3) is 3.75. The van der Waals surface area contributed by atoms with Crippen molar-refractivity contribution in [2.24, 2.45) is 11.1 Å². The highest BCUT2D eigenvalue weighted by Crippen LogP contribution is 2.30. The van der Waals surface area contributed by atoms with Gasteiger partial charge in [0.2, 0.25) is 6.10 Å². The summed E-state index contributed by atoms with van der Waals surface area (Å²) in [6, 6.07) is 5.72. The zero-order chi connectivity index (χ0) is 16.2. The second-order valence-corrected chi connectivity index (χ2v) is 6.08. The van der Waals surface area contributed by atoms with E-state index in [2.05, 4.69) is 10.5 Å². The van der Waals surface area contributed by atoms with E-state index in [9.17, 15) is 4.79 Å². The number of hydrogen-bond donors (Lipinski definition) is 1. The fourth-order valence-electron chi connectivity index (χ4n) is 2.50. The Balaban J connectivity index is 1.54. The van der Waals surface area contributed by atoms with Crippen LogP contribution in [0.3, 0.4) is 0 Å². The van der Waals surface area contributed by atoms with Crippen molar-refractivity contribution in [2.45, 2.75) is 39.3 Å². The predicted octanol–water partition coefficient (Wildman–Crippen LogP) is 2.27. The van der Waals surface area contributed by atoms with Gasteiger partial charge < -0.3 is 19.6 Å². The van der Waals surface area contributed by atoms with Crippen molar-refractivity contribution in [3.63, 3.8) is 0 Å². The van der Waals surface area contributed by atoms with Gasteiger partial charge in [0.15, 0.2) is 11.5 Å². The number of amides is 1. The Morgan fingerprint density at radius 1 is 1.30 bits per heavy atom. The molecule has 2 aliphatic rings. The number of carbonyl (C=O) groups excluding carboxylic acids is 1. The van der Waals surface area contributed by atoms with Crippen molar-refractivity contribution >= 4 is 11.6 Å². The number of carbonyl (C=O) groups is 1. The number of hydrogen-bond acceptors (Lipinski definition) is 5. The average molecular weight is 318 g/mol. The van der Waals surface area contributed by atoms with E-state index in [1.165, 1.54) is 0 Å². The Labute approximate surface area is 135 Å². The van der Waals surface area contributed by atoms with Gasteiger partial charge in [-0.2, -0.15) is 0 Å². The van der Waals surface area contributed by atoms with E-state index in [1.54, 1.807) is 0 Å². The van der Waals surface area contributed by atoms with E-state index < -0.39 is 6.10 Å². The van der Waals surface area contributed by atoms with Crippen LogP contribution < -0.4 is 14.8 Å². The Bertz CT molecular complexity index is 613. The number of ether oxygens (including phenoxy) is 2. The van der Waals surface area contributed by atoms with Crippen LogP contribution in [0, 0.1) is 5.92 Å². The van der Waals surface area contributed by atoms with Crippen molar-refractivity contribution in [2.75, 3.05) is 13.2 Å². The molecular weight excluding hydrogens is 296 g/mol. The molecule has 0 saturated heterocycles. The van der Waals surface area contributed by atoms with Crippen molar-refractivity contribution in [3.05, 3.63) is 23.8 Å². The monoisotopic (exact) mass is 318 g/mol. The van der Waals surface area contributed by atoms with Crippen molar-refractivity contribution in [1.29, 1.82) is 0 Å². The first-order valence-electron chi connectivity index (χ1n) is 8.02. The van der Waals surface area contributed by atoms with E-state index in [0.29, 0.717) is 32.1 Å². The standard InChI is InChI=1S/C17H22N2O4/c1-11(2)13-9-16(23-19-13)17(20)18-10-12-4-5-14-15(8-12)22-7-3-6-21-14/h4-5,8,11,16H,3,6-7,9-10H2,1-2H3,(H,18,20). The molecule has 0 bridgehead atoms. The fraction of sp³-hybridized carbons (Fsp3) is 0.529. The van der Waals surface area contributed by atoms with Gasteiger partial charge in [0, 0.05) is 19.4 Å². The molecule has 0 radical (unpaired) electrons. The molecule has 1 aromatic rings. The summed E-state index contributed by atoms with van der Waals surface area (Å²) < 4.78 is 11.3. The lowest BCUT2D eigenvalue weighted by atomic mass is 10.0. The van der Waals surface area contributed by atoms with Crippen LogP contribution in [-0.2, 0) is 16.2 Å². The van der Waals surface area contributed by atoms with Crippen LogP contribution >= 0.6 is 0 Å². The largest absolute Gasteiger partial charge is 0.490 e. The molecule has 3 rings (SSSR count). The number of benzene rings is 1. The topological polar surface area (TPSA) is 69.2 Å². The summed E-state index contributed by atoms with van der Waals surface area (Å²) in [5.74, 6) is 1.65. The summed E-state index contributed by atoms with van der Waals surface area (Å²) in [5.41, 5.74) is 1.89. The van der Waals surface area contributed by atoms with Crippen molar-refractivity contribution in [3.8, 4) is 11.5 Å². The number of oxime groups is 1. The van der Waals surface area contributed by atoms with Gasteiger partial charge in [-0.05, 0) is 23.6 Å². The molecule has 1 unspecified atom stereocenters. The van der Waals surface area contributed by atoms with Crippen LogP contribution in [0.2, 0.25) is 0 Å². The smallest absolute Gasteiger partial charge is 0.264 e. The van der Waals surface area contributed by atoms with Crippen LogP contribution in [0.1, 0.15) is 32.3 Å². The fourth-order valence-corrected chi connectivity index (χ4v) is 2.50. The van der Waals surface area contributed by atoms with Gasteiger partial charge in [0.25, 0.3) is 5.91 Å². The Morgan fingerprint density at radius 3 is 2.83 bits per heavy atom. The zero-order valence-electron chi connectivity index (χ0n) is 13.5. The number of rotatable bonds is 4. The third-order valence-electron chi connectivity index (χ3n) is 3.93. The van der Waals surface area contributed by atoms with Gasteiger partial charge >= 0.3 is 0 Å². The lowest BCUT2D eigenvalue weighted by Crippen LogP contribution is -2.34. The molecule has 0 saturated carbocycles. The Morgan fingerprint density at radius 2 is 2.09 bits per heavy atom. The summed E-state index contributed by atoms with van der Waals surface area (Å²) in [6.45, 7) is 5.82. The first-order valence-corrected chi connectivity index (χ1v) is 8.02. The average Bonchev–Trinajstić information content (AvgIpc) is 2.93. The number of fused-ring (bicyclic) bond motifs is 1. The van der Waals surface area contributed by atoms with E-state index in [0.717, 1.165) is 29.2 Å². The molecule has 1 atom stereocenters. The molecule has 0 aromatic heterocycles. The van der Waals surface area contributed by atoms with Gasteiger partial charge in [-0.15, -0.1) is 0 Å². The van der Waals surface area contributed by atoms with Gasteiger partial charge in [-0.1, -0.05) is 25.1 Å². The molecule has 0 aliphatic carbocycles. The molecule has 6 nitrogen and oxygen atoms in total. The maximum Gasteiger partial charge on any atom is 0.264 e. The number of nitrogens with zero attached hydrogens (tertiary/aromatic N) is 1. The molecule has 2 aliphatic heterocycles. The molecule has 1 N–H and O–H groups in total. The molecule has 2 heterocycles. The highest BCUT2D eigenvalue weighted by Gasteiger charge is 2.29. The number of nitrogens with one attached hydrogen (secondary N) is 1. The second kappa shape index (κ2) is 6.89. The Hall–Kier alpha value is -2.24. The predicted molar refractivity (Wildman–Crippen MR) is 85.7 cm³/mol.